The molecule has 26 heavy (non-hydrogen) atoms. The summed E-state index contributed by atoms with van der Waals surface area (Å²) in [6.07, 6.45) is 1.89. The quantitative estimate of drug-likeness (QED) is 0.599. The van der Waals surface area contributed by atoms with Gasteiger partial charge in [0.2, 0.25) is 0 Å². The summed E-state index contributed by atoms with van der Waals surface area (Å²) < 4.78 is 1.86. The number of hydrogen-bond donors (Lipinski definition) is 3. The number of aromatic nitrogens is 4. The van der Waals surface area contributed by atoms with Gasteiger partial charge in [-0.25, -0.2) is 19.4 Å². The lowest BCUT2D eigenvalue weighted by Gasteiger charge is -2.30. The highest BCUT2D eigenvalue weighted by Crippen LogP contribution is 2.34. The summed E-state index contributed by atoms with van der Waals surface area (Å²) >= 11 is 0. The van der Waals surface area contributed by atoms with Crippen LogP contribution in [0.3, 0.4) is 0 Å². The summed E-state index contributed by atoms with van der Waals surface area (Å²) in [5.74, 6) is 0.371. The maximum Gasteiger partial charge on any atom is 0.407 e. The molecule has 1 saturated heterocycles. The number of nitrogens with two attached hydrogens (primary N) is 2. The van der Waals surface area contributed by atoms with Crippen molar-refractivity contribution in [3.05, 3.63) is 30.6 Å². The highest BCUT2D eigenvalue weighted by Gasteiger charge is 2.27. The summed E-state index contributed by atoms with van der Waals surface area (Å²) in [4.78, 5) is 21.0. The fourth-order valence-electron chi connectivity index (χ4n) is 3.39. The molecular formula is C17H19N7O2. The van der Waals surface area contributed by atoms with Gasteiger partial charge in [-0.15, -0.1) is 0 Å². The van der Waals surface area contributed by atoms with Gasteiger partial charge in [-0.2, -0.15) is 5.10 Å². The summed E-state index contributed by atoms with van der Waals surface area (Å²) in [6.45, 7) is 0.943. The molecule has 9 nitrogen and oxygen atoms in total. The zero-order valence-electron chi connectivity index (χ0n) is 14.0. The van der Waals surface area contributed by atoms with Crippen LogP contribution >= 0.6 is 0 Å². The lowest BCUT2D eigenvalue weighted by Crippen LogP contribution is -2.38. The molecule has 1 amide bonds. The number of nitrogen functional groups attached to an aromatic ring is 2. The van der Waals surface area contributed by atoms with Crippen molar-refractivity contribution in [1.82, 2.24) is 24.6 Å². The van der Waals surface area contributed by atoms with E-state index in [0.29, 0.717) is 54.2 Å². The molecule has 0 radical (unpaired) electrons. The van der Waals surface area contributed by atoms with Crippen LogP contribution in [0.2, 0.25) is 0 Å². The van der Waals surface area contributed by atoms with Crippen LogP contribution < -0.4 is 11.5 Å². The third-order valence-electron chi connectivity index (χ3n) is 4.78. The van der Waals surface area contributed by atoms with Gasteiger partial charge < -0.3 is 21.5 Å². The summed E-state index contributed by atoms with van der Waals surface area (Å²) in [5, 5.41) is 14.6. The molecule has 3 aromatic rings. The van der Waals surface area contributed by atoms with Crippen LogP contribution in [0, 0.1) is 0 Å². The van der Waals surface area contributed by atoms with Gasteiger partial charge >= 0.3 is 6.09 Å². The lowest BCUT2D eigenvalue weighted by molar-refractivity contribution is 0.124. The minimum absolute atomic E-state index is 0.0601. The number of likely N-dealkylation sites (tertiary alicyclic amines) is 1. The standard InChI is InChI=1S/C17H19N7O2/c18-11-3-1-10(2-4-11)14-13-15(19)20-9-21-16(13)24(22-14)12-5-7-23(8-6-12)17(25)26/h1-4,9,12H,5-8,18H2,(H,25,26)(H2,19,20,21). The maximum absolute atomic E-state index is 11.1. The Hall–Kier alpha value is -3.36. The number of hydrogen-bond acceptors (Lipinski definition) is 6. The van der Waals surface area contributed by atoms with Crippen LogP contribution in [0.25, 0.3) is 22.3 Å². The summed E-state index contributed by atoms with van der Waals surface area (Å²) in [6, 6.07) is 7.46. The smallest absolute Gasteiger partial charge is 0.407 e. The zero-order chi connectivity index (χ0) is 18.3. The Labute approximate surface area is 149 Å². The van der Waals surface area contributed by atoms with E-state index in [1.54, 1.807) is 0 Å². The third kappa shape index (κ3) is 2.67. The second-order valence-corrected chi connectivity index (χ2v) is 6.37. The number of piperidine rings is 1. The molecule has 0 aliphatic carbocycles. The van der Waals surface area contributed by atoms with Crippen LogP contribution in [0.1, 0.15) is 18.9 Å². The first-order chi connectivity index (χ1) is 12.5. The van der Waals surface area contributed by atoms with Crippen molar-refractivity contribution >= 4 is 28.6 Å². The van der Waals surface area contributed by atoms with Crippen molar-refractivity contribution in [2.75, 3.05) is 24.6 Å². The monoisotopic (exact) mass is 353 g/mol. The zero-order valence-corrected chi connectivity index (χ0v) is 14.0. The molecule has 3 heterocycles. The molecule has 5 N–H and O–H groups in total. The molecule has 2 aromatic heterocycles. The minimum atomic E-state index is -0.886. The number of carboxylic acid groups (broad SMARTS) is 1. The molecule has 0 bridgehead atoms. The highest BCUT2D eigenvalue weighted by atomic mass is 16.4. The van der Waals surface area contributed by atoms with E-state index in [1.807, 2.05) is 28.9 Å². The Morgan fingerprint density at radius 2 is 1.81 bits per heavy atom. The third-order valence-corrected chi connectivity index (χ3v) is 4.78. The second-order valence-electron chi connectivity index (χ2n) is 6.37. The first-order valence-electron chi connectivity index (χ1n) is 8.37. The van der Waals surface area contributed by atoms with Gasteiger partial charge in [0.15, 0.2) is 5.65 Å². The van der Waals surface area contributed by atoms with E-state index in [4.69, 9.17) is 21.7 Å². The van der Waals surface area contributed by atoms with Crippen LogP contribution in [0.5, 0.6) is 0 Å². The Kier molecular flexibility index (Phi) is 3.83. The average molecular weight is 353 g/mol. The molecule has 1 aromatic carbocycles. The molecule has 134 valence electrons. The molecule has 1 aliphatic rings. The first kappa shape index (κ1) is 16.1. The molecular weight excluding hydrogens is 334 g/mol. The molecule has 0 atom stereocenters. The fourth-order valence-corrected chi connectivity index (χ4v) is 3.39. The van der Waals surface area contributed by atoms with Crippen LogP contribution in [0.15, 0.2) is 30.6 Å². The van der Waals surface area contributed by atoms with Crippen LogP contribution in [-0.4, -0.2) is 48.9 Å². The number of nitrogens with zero attached hydrogens (tertiary/aromatic N) is 5. The molecule has 0 saturated carbocycles. The molecule has 9 heteroatoms. The lowest BCUT2D eigenvalue weighted by atomic mass is 10.1. The molecule has 1 fully saturated rings. The van der Waals surface area contributed by atoms with E-state index >= 15 is 0 Å². The fraction of sp³-hybridized carbons (Fsp3) is 0.294. The van der Waals surface area contributed by atoms with Gasteiger partial charge in [0, 0.05) is 24.3 Å². The van der Waals surface area contributed by atoms with Crippen molar-refractivity contribution < 1.29 is 9.90 Å². The van der Waals surface area contributed by atoms with Gasteiger partial charge in [0.1, 0.15) is 17.8 Å². The maximum atomic E-state index is 11.1. The van der Waals surface area contributed by atoms with E-state index in [1.165, 1.54) is 11.2 Å². The number of amides is 1. The van der Waals surface area contributed by atoms with E-state index in [0.717, 1.165) is 5.56 Å². The Balaban J connectivity index is 1.78. The summed E-state index contributed by atoms with van der Waals surface area (Å²) in [5.41, 5.74) is 14.8. The normalized spacial score (nSPS) is 15.5. The first-order valence-corrected chi connectivity index (χ1v) is 8.37. The number of rotatable bonds is 2. The van der Waals surface area contributed by atoms with Crippen molar-refractivity contribution in [3.63, 3.8) is 0 Å². The van der Waals surface area contributed by atoms with Crippen LogP contribution in [0.4, 0.5) is 16.3 Å². The Morgan fingerprint density at radius 3 is 2.46 bits per heavy atom. The number of carbonyl (C=O) groups is 1. The van der Waals surface area contributed by atoms with Crippen molar-refractivity contribution in [2.24, 2.45) is 0 Å². The van der Waals surface area contributed by atoms with Gasteiger partial charge in [0.05, 0.1) is 11.4 Å². The van der Waals surface area contributed by atoms with E-state index in [2.05, 4.69) is 9.97 Å². The van der Waals surface area contributed by atoms with E-state index < -0.39 is 6.09 Å². The van der Waals surface area contributed by atoms with E-state index in [-0.39, 0.29) is 6.04 Å². The summed E-state index contributed by atoms with van der Waals surface area (Å²) in [7, 11) is 0. The average Bonchev–Trinajstić information content (AvgIpc) is 3.03. The van der Waals surface area contributed by atoms with Gasteiger partial charge in [0.25, 0.3) is 0 Å². The Morgan fingerprint density at radius 1 is 1.12 bits per heavy atom. The van der Waals surface area contributed by atoms with Crippen LogP contribution in [-0.2, 0) is 0 Å². The minimum Gasteiger partial charge on any atom is -0.465 e. The predicted molar refractivity (Wildman–Crippen MR) is 97.5 cm³/mol. The Bertz CT molecular complexity index is 959. The van der Waals surface area contributed by atoms with Crippen molar-refractivity contribution in [2.45, 2.75) is 18.9 Å². The van der Waals surface area contributed by atoms with E-state index in [9.17, 15) is 4.79 Å². The number of fused-ring (bicyclic) bond motifs is 1. The van der Waals surface area contributed by atoms with Gasteiger partial charge in [-0.05, 0) is 25.0 Å². The van der Waals surface area contributed by atoms with Gasteiger partial charge in [-0.1, -0.05) is 12.1 Å². The molecule has 0 spiro atoms. The number of anilines is 2. The number of benzene rings is 1. The SMILES string of the molecule is Nc1ccc(-c2nn(C3CCN(C(=O)O)CC3)c3ncnc(N)c23)cc1. The molecule has 0 unspecified atom stereocenters. The largest absolute Gasteiger partial charge is 0.465 e. The van der Waals surface area contributed by atoms with Gasteiger partial charge in [-0.3, -0.25) is 0 Å². The molecule has 4 rings (SSSR count). The van der Waals surface area contributed by atoms with Crippen molar-refractivity contribution in [1.29, 1.82) is 0 Å². The predicted octanol–water partition coefficient (Wildman–Crippen LogP) is 1.97. The molecule has 1 aliphatic heterocycles. The second kappa shape index (κ2) is 6.17. The highest BCUT2D eigenvalue weighted by molar-refractivity contribution is 5.98. The topological polar surface area (TPSA) is 136 Å². The van der Waals surface area contributed by atoms with Crippen molar-refractivity contribution in [3.8, 4) is 11.3 Å².